The smallest absolute Gasteiger partial charge is 0.285 e. The van der Waals surface area contributed by atoms with Crippen LogP contribution in [-0.4, -0.2) is 21.1 Å². The van der Waals surface area contributed by atoms with Crippen molar-refractivity contribution in [3.8, 4) is 5.75 Å². The van der Waals surface area contributed by atoms with E-state index < -0.39 is 0 Å². The molecule has 1 saturated heterocycles. The Labute approximate surface area is 196 Å². The molecule has 0 bridgehead atoms. The Kier molecular flexibility index (Phi) is 6.68. The van der Waals surface area contributed by atoms with E-state index in [4.69, 9.17) is 17.0 Å². The largest absolute Gasteiger partial charge is 0.489 e. The van der Waals surface area contributed by atoms with Gasteiger partial charge in [-0.3, -0.25) is 15.0 Å². The summed E-state index contributed by atoms with van der Waals surface area (Å²) in [6.45, 7) is 2.29. The summed E-state index contributed by atoms with van der Waals surface area (Å²) in [6, 6.07) is 24.6. The average molecular weight is 461 g/mol. The lowest BCUT2D eigenvalue weighted by Gasteiger charge is -2.16. The second-order valence-electron chi connectivity index (χ2n) is 7.12. The minimum atomic E-state index is -0.378. The van der Waals surface area contributed by atoms with Crippen molar-refractivity contribution in [2.75, 3.05) is 0 Å². The van der Waals surface area contributed by atoms with Gasteiger partial charge in [0.25, 0.3) is 11.8 Å². The van der Waals surface area contributed by atoms with Crippen LogP contribution in [0.1, 0.15) is 27.0 Å². The van der Waals surface area contributed by atoms with E-state index in [1.807, 2.05) is 73.7 Å². The number of aryl methyl sites for hydroxylation is 1. The zero-order chi connectivity index (χ0) is 22.5. The topological polar surface area (TPSA) is 58.6 Å². The second kappa shape index (κ2) is 9.80. The highest BCUT2D eigenvalue weighted by Crippen LogP contribution is 2.32. The molecule has 1 aliphatic rings. The fraction of sp³-hybridized carbons (Fsp3) is 0.0800. The zero-order valence-corrected chi connectivity index (χ0v) is 18.9. The van der Waals surface area contributed by atoms with Gasteiger partial charge in [0.1, 0.15) is 12.4 Å². The number of thiocarbonyl (C=S) groups is 1. The average Bonchev–Trinajstić information content (AvgIpc) is 3.06. The summed E-state index contributed by atoms with van der Waals surface area (Å²) in [5.41, 5.74) is 5.81. The summed E-state index contributed by atoms with van der Waals surface area (Å²) in [7, 11) is 0. The van der Waals surface area contributed by atoms with Crippen molar-refractivity contribution in [1.29, 1.82) is 0 Å². The molecular formula is C25H20N2O3S2. The van der Waals surface area contributed by atoms with Crippen molar-refractivity contribution >= 4 is 46.2 Å². The molecule has 1 heterocycles. The van der Waals surface area contributed by atoms with Gasteiger partial charge in [0.2, 0.25) is 0 Å². The van der Waals surface area contributed by atoms with Crippen LogP contribution in [0, 0.1) is 6.92 Å². The predicted molar refractivity (Wildman–Crippen MR) is 131 cm³/mol. The summed E-state index contributed by atoms with van der Waals surface area (Å²) in [6.07, 6.45) is 1.74. The van der Waals surface area contributed by atoms with Gasteiger partial charge in [-0.2, -0.15) is 5.01 Å². The van der Waals surface area contributed by atoms with E-state index in [0.717, 1.165) is 33.5 Å². The highest BCUT2D eigenvalue weighted by Gasteiger charge is 2.34. The molecule has 0 saturated carbocycles. The molecule has 1 aliphatic heterocycles. The van der Waals surface area contributed by atoms with Crippen LogP contribution in [0.3, 0.4) is 0 Å². The third-order valence-electron chi connectivity index (χ3n) is 4.80. The molecule has 0 radical (unpaired) electrons. The van der Waals surface area contributed by atoms with Gasteiger partial charge in [-0.05, 0) is 60.1 Å². The first-order valence-corrected chi connectivity index (χ1v) is 11.1. The number of carbonyl (C=O) groups excluding carboxylic acids is 2. The molecule has 0 atom stereocenters. The van der Waals surface area contributed by atoms with Gasteiger partial charge < -0.3 is 4.74 Å². The van der Waals surface area contributed by atoms with Crippen LogP contribution in [0.15, 0.2) is 83.8 Å². The third kappa shape index (κ3) is 5.07. The van der Waals surface area contributed by atoms with Crippen LogP contribution in [0.4, 0.5) is 0 Å². The molecule has 5 nitrogen and oxygen atoms in total. The molecule has 0 aliphatic carbocycles. The van der Waals surface area contributed by atoms with Crippen LogP contribution < -0.4 is 10.2 Å². The molecule has 1 fully saturated rings. The van der Waals surface area contributed by atoms with E-state index >= 15 is 0 Å². The number of amides is 2. The summed E-state index contributed by atoms with van der Waals surface area (Å²) < 4.78 is 6.14. The number of carbonyl (C=O) groups is 2. The zero-order valence-electron chi connectivity index (χ0n) is 17.3. The molecule has 0 unspecified atom stereocenters. The van der Waals surface area contributed by atoms with Gasteiger partial charge in [0.05, 0.1) is 4.91 Å². The van der Waals surface area contributed by atoms with Crippen LogP contribution in [0.2, 0.25) is 0 Å². The number of benzene rings is 3. The number of ether oxygens (including phenoxy) is 1. The van der Waals surface area contributed by atoms with E-state index in [0.29, 0.717) is 22.8 Å². The summed E-state index contributed by atoms with van der Waals surface area (Å²) in [4.78, 5) is 25.9. The van der Waals surface area contributed by atoms with Crippen molar-refractivity contribution in [2.24, 2.45) is 0 Å². The van der Waals surface area contributed by atoms with Gasteiger partial charge in [0, 0.05) is 5.56 Å². The van der Waals surface area contributed by atoms with Crippen LogP contribution in [0.5, 0.6) is 5.75 Å². The van der Waals surface area contributed by atoms with Gasteiger partial charge in [-0.25, -0.2) is 0 Å². The van der Waals surface area contributed by atoms with E-state index in [1.54, 1.807) is 18.2 Å². The van der Waals surface area contributed by atoms with Crippen molar-refractivity contribution in [3.05, 3.63) is 106 Å². The van der Waals surface area contributed by atoms with E-state index in [1.165, 1.54) is 0 Å². The predicted octanol–water partition coefficient (Wildman–Crippen LogP) is 5.12. The highest BCUT2D eigenvalue weighted by molar-refractivity contribution is 8.26. The van der Waals surface area contributed by atoms with Gasteiger partial charge in [-0.15, -0.1) is 0 Å². The van der Waals surface area contributed by atoms with Crippen LogP contribution >= 0.6 is 24.0 Å². The summed E-state index contributed by atoms with van der Waals surface area (Å²) in [5, 5.41) is 1.12. The van der Waals surface area contributed by atoms with Crippen molar-refractivity contribution in [2.45, 2.75) is 13.5 Å². The molecule has 0 spiro atoms. The number of nitrogens with one attached hydrogen (secondary N) is 1. The fourth-order valence-corrected chi connectivity index (χ4v) is 4.32. The Hall–Kier alpha value is -3.42. The lowest BCUT2D eigenvalue weighted by atomic mass is 10.1. The molecule has 32 heavy (non-hydrogen) atoms. The van der Waals surface area contributed by atoms with E-state index in [2.05, 4.69) is 5.43 Å². The number of nitrogens with zero attached hydrogens (tertiary/aromatic N) is 1. The molecular weight excluding hydrogens is 440 g/mol. The maximum atomic E-state index is 12.9. The first kappa shape index (κ1) is 21.8. The summed E-state index contributed by atoms with van der Waals surface area (Å²) in [5.74, 6) is -0.0413. The number of rotatable bonds is 6. The normalized spacial score (nSPS) is 14.7. The molecule has 3 aromatic carbocycles. The Bertz CT molecular complexity index is 1210. The minimum Gasteiger partial charge on any atom is -0.489 e. The molecule has 160 valence electrons. The summed E-state index contributed by atoms with van der Waals surface area (Å²) >= 11 is 6.47. The SMILES string of the molecule is Cc1ccccc1C(=O)NN1C(=O)/C(=C\c2cccc(OCc3ccccc3)c2)SC1=S. The van der Waals surface area contributed by atoms with Crippen LogP contribution in [0.25, 0.3) is 6.08 Å². The number of hydrogen-bond acceptors (Lipinski definition) is 5. The van der Waals surface area contributed by atoms with Crippen molar-refractivity contribution in [1.82, 2.24) is 10.4 Å². The Morgan fingerprint density at radius 3 is 2.59 bits per heavy atom. The number of hydrogen-bond donors (Lipinski definition) is 1. The molecule has 4 rings (SSSR count). The van der Waals surface area contributed by atoms with E-state index in [-0.39, 0.29) is 16.1 Å². The highest BCUT2D eigenvalue weighted by atomic mass is 32.2. The maximum Gasteiger partial charge on any atom is 0.285 e. The van der Waals surface area contributed by atoms with Gasteiger partial charge >= 0.3 is 0 Å². The first-order valence-electron chi connectivity index (χ1n) is 9.92. The molecule has 3 aromatic rings. The Morgan fingerprint density at radius 2 is 1.81 bits per heavy atom. The second-order valence-corrected chi connectivity index (χ2v) is 8.80. The Balaban J connectivity index is 1.45. The molecule has 2 amide bonds. The maximum absolute atomic E-state index is 12.9. The van der Waals surface area contributed by atoms with Crippen molar-refractivity contribution < 1.29 is 14.3 Å². The quantitative estimate of drug-likeness (QED) is 0.409. The Morgan fingerprint density at radius 1 is 1.06 bits per heavy atom. The van der Waals surface area contributed by atoms with Crippen LogP contribution in [-0.2, 0) is 11.4 Å². The number of hydrazine groups is 1. The lowest BCUT2D eigenvalue weighted by Crippen LogP contribution is -2.45. The monoisotopic (exact) mass is 460 g/mol. The molecule has 1 N–H and O–H groups in total. The standard InChI is InChI=1S/C25H20N2O3S2/c1-17-8-5-6-13-21(17)23(28)26-27-24(29)22(32-25(27)31)15-19-11-7-12-20(14-19)30-16-18-9-3-2-4-10-18/h2-15H,16H2,1H3,(H,26,28)/b22-15+. The van der Waals surface area contributed by atoms with Gasteiger partial charge in [0.15, 0.2) is 4.32 Å². The minimum absolute atomic E-state index is 0.277. The molecule has 0 aromatic heterocycles. The third-order valence-corrected chi connectivity index (χ3v) is 6.10. The first-order chi connectivity index (χ1) is 15.5. The molecule has 7 heteroatoms. The number of thioether (sulfide) groups is 1. The van der Waals surface area contributed by atoms with Crippen molar-refractivity contribution in [3.63, 3.8) is 0 Å². The lowest BCUT2D eigenvalue weighted by molar-refractivity contribution is -0.123. The fourth-order valence-electron chi connectivity index (χ4n) is 3.14. The van der Waals surface area contributed by atoms with Gasteiger partial charge in [-0.1, -0.05) is 72.4 Å². The van der Waals surface area contributed by atoms with E-state index in [9.17, 15) is 9.59 Å².